The van der Waals surface area contributed by atoms with E-state index in [0.717, 1.165) is 53.8 Å². The number of aromatic amines is 1. The Bertz CT molecular complexity index is 1500. The summed E-state index contributed by atoms with van der Waals surface area (Å²) < 4.78 is 0. The molecule has 7 rings (SSSR count). The Morgan fingerprint density at radius 3 is 2.91 bits per heavy atom. The Morgan fingerprint density at radius 1 is 1.06 bits per heavy atom. The maximum Gasteiger partial charge on any atom is 0.235 e. The molecule has 5 heteroatoms. The fourth-order valence-electron chi connectivity index (χ4n) is 5.95. The number of nitrogens with one attached hydrogen (secondary N) is 2. The monoisotopic (exact) mass is 446 g/mol. The van der Waals surface area contributed by atoms with Crippen molar-refractivity contribution < 1.29 is 4.79 Å². The number of anilines is 1. The van der Waals surface area contributed by atoms with Gasteiger partial charge in [-0.25, -0.2) is 0 Å². The molecule has 0 bridgehead atoms. The van der Waals surface area contributed by atoms with E-state index in [2.05, 4.69) is 82.1 Å². The van der Waals surface area contributed by atoms with Gasteiger partial charge in [0.2, 0.25) is 5.91 Å². The van der Waals surface area contributed by atoms with Gasteiger partial charge in [0.1, 0.15) is 0 Å². The predicted octanol–water partition coefficient (Wildman–Crippen LogP) is 5.10. The molecule has 2 atom stereocenters. The summed E-state index contributed by atoms with van der Waals surface area (Å²) in [5.74, 6) is 0.334. The predicted molar refractivity (Wildman–Crippen MR) is 136 cm³/mol. The Labute approximate surface area is 198 Å². The zero-order valence-corrected chi connectivity index (χ0v) is 19.1. The number of amides is 1. The van der Waals surface area contributed by atoms with E-state index < -0.39 is 5.41 Å². The Hall–Kier alpha value is -3.70. The quantitative estimate of drug-likeness (QED) is 0.460. The minimum absolute atomic E-state index is 0.128. The number of para-hydroxylation sites is 1. The number of fused-ring (bicyclic) bond motifs is 4. The lowest BCUT2D eigenvalue weighted by Crippen LogP contribution is -2.26. The highest BCUT2D eigenvalue weighted by atomic mass is 16.2. The molecule has 0 saturated heterocycles. The van der Waals surface area contributed by atoms with E-state index in [1.807, 2.05) is 18.2 Å². The molecule has 3 aromatic carbocycles. The van der Waals surface area contributed by atoms with Crippen molar-refractivity contribution >= 4 is 34.6 Å². The first-order valence-corrected chi connectivity index (χ1v) is 12.0. The number of carbonyl (C=O) groups excluding carboxylic acids is 1. The minimum atomic E-state index is -0.408. The summed E-state index contributed by atoms with van der Waals surface area (Å²) in [5.41, 5.74) is 8.92. The van der Waals surface area contributed by atoms with Crippen LogP contribution >= 0.6 is 0 Å². The first-order valence-electron chi connectivity index (χ1n) is 12.0. The second-order valence-electron chi connectivity index (χ2n) is 9.99. The van der Waals surface area contributed by atoms with Gasteiger partial charge in [-0.3, -0.25) is 9.89 Å². The third-order valence-corrected chi connectivity index (χ3v) is 7.91. The standard InChI is InChI=1S/C29H26N4O/c1-33-13-12-19-14-18(6-8-21(19)17-33)7-11-25-22-10-9-20(15-27(22)32-31-25)24-16-29(24)23-4-2-3-5-26(23)30-28(29)34/h2-11,14-15,24H,12-13,16-17H2,1H3,(H,30,34)(H,31,32)/t24-,29-/m0/s1. The van der Waals surface area contributed by atoms with E-state index in [1.165, 1.54) is 22.3 Å². The molecule has 5 nitrogen and oxygen atoms in total. The molecule has 1 fully saturated rings. The second kappa shape index (κ2) is 7.15. The van der Waals surface area contributed by atoms with Crippen molar-refractivity contribution in [2.75, 3.05) is 18.9 Å². The van der Waals surface area contributed by atoms with Gasteiger partial charge in [0.05, 0.1) is 16.6 Å². The lowest BCUT2D eigenvalue weighted by molar-refractivity contribution is -0.118. The average molecular weight is 447 g/mol. The van der Waals surface area contributed by atoms with Crippen molar-refractivity contribution in [2.24, 2.45) is 0 Å². The fourth-order valence-corrected chi connectivity index (χ4v) is 5.95. The highest BCUT2D eigenvalue weighted by Crippen LogP contribution is 2.64. The van der Waals surface area contributed by atoms with Gasteiger partial charge in [-0.1, -0.05) is 54.6 Å². The van der Waals surface area contributed by atoms with Crippen LogP contribution in [0.25, 0.3) is 23.1 Å². The maximum absolute atomic E-state index is 12.8. The van der Waals surface area contributed by atoms with E-state index >= 15 is 0 Å². The van der Waals surface area contributed by atoms with Crippen molar-refractivity contribution in [3.63, 3.8) is 0 Å². The van der Waals surface area contributed by atoms with Crippen molar-refractivity contribution in [1.82, 2.24) is 15.1 Å². The van der Waals surface area contributed by atoms with Crippen LogP contribution in [-0.2, 0) is 23.2 Å². The number of hydrogen-bond donors (Lipinski definition) is 2. The molecule has 168 valence electrons. The van der Waals surface area contributed by atoms with E-state index in [4.69, 9.17) is 0 Å². The molecule has 34 heavy (non-hydrogen) atoms. The van der Waals surface area contributed by atoms with Gasteiger partial charge in [-0.05, 0) is 65.9 Å². The zero-order valence-electron chi connectivity index (χ0n) is 19.1. The molecule has 1 spiro atoms. The summed E-state index contributed by atoms with van der Waals surface area (Å²) in [4.78, 5) is 15.2. The van der Waals surface area contributed by atoms with E-state index in [-0.39, 0.29) is 11.8 Å². The van der Waals surface area contributed by atoms with Crippen LogP contribution in [0, 0.1) is 0 Å². The number of benzene rings is 3. The topological polar surface area (TPSA) is 61.0 Å². The normalized spacial score (nSPS) is 23.4. The molecule has 3 heterocycles. The van der Waals surface area contributed by atoms with Crippen LogP contribution in [-0.4, -0.2) is 34.6 Å². The molecule has 1 aliphatic carbocycles. The number of aromatic nitrogens is 2. The smallest absolute Gasteiger partial charge is 0.235 e. The first-order chi connectivity index (χ1) is 16.6. The van der Waals surface area contributed by atoms with E-state index in [9.17, 15) is 4.79 Å². The molecule has 1 aromatic heterocycles. The molecule has 4 aromatic rings. The van der Waals surface area contributed by atoms with Crippen molar-refractivity contribution in [3.8, 4) is 0 Å². The molecule has 2 aliphatic heterocycles. The van der Waals surface area contributed by atoms with Gasteiger partial charge in [-0.2, -0.15) is 5.10 Å². The van der Waals surface area contributed by atoms with Crippen LogP contribution in [0.3, 0.4) is 0 Å². The van der Waals surface area contributed by atoms with Crippen molar-refractivity contribution in [2.45, 2.75) is 30.7 Å². The minimum Gasteiger partial charge on any atom is -0.325 e. The number of hydrogen-bond acceptors (Lipinski definition) is 3. The Balaban J connectivity index is 1.16. The Morgan fingerprint density at radius 2 is 1.97 bits per heavy atom. The number of H-pyrrole nitrogens is 1. The van der Waals surface area contributed by atoms with Crippen LogP contribution in [0.1, 0.15) is 45.8 Å². The van der Waals surface area contributed by atoms with Crippen LogP contribution in [0.5, 0.6) is 0 Å². The SMILES string of the molecule is CN1CCc2cc(C=Cc3n[nH]c4cc([C@@H]5C[C@@]56C(=O)Nc5ccccc56)ccc34)ccc2C1. The van der Waals surface area contributed by atoms with Gasteiger partial charge in [0.25, 0.3) is 0 Å². The van der Waals surface area contributed by atoms with Crippen molar-refractivity contribution in [3.05, 3.63) is 94.2 Å². The summed E-state index contributed by atoms with van der Waals surface area (Å²) >= 11 is 0. The lowest BCUT2D eigenvalue weighted by atomic mass is 9.92. The molecular formula is C29H26N4O. The number of rotatable bonds is 3. The number of carbonyl (C=O) groups is 1. The van der Waals surface area contributed by atoms with Gasteiger partial charge in [-0.15, -0.1) is 0 Å². The van der Waals surface area contributed by atoms with Gasteiger partial charge >= 0.3 is 0 Å². The molecule has 1 amide bonds. The van der Waals surface area contributed by atoms with Crippen LogP contribution in [0.4, 0.5) is 5.69 Å². The molecular weight excluding hydrogens is 420 g/mol. The van der Waals surface area contributed by atoms with Crippen LogP contribution < -0.4 is 5.32 Å². The largest absolute Gasteiger partial charge is 0.325 e. The average Bonchev–Trinajstić information content (AvgIpc) is 3.39. The van der Waals surface area contributed by atoms with Crippen LogP contribution in [0.2, 0.25) is 0 Å². The van der Waals surface area contributed by atoms with E-state index in [0.29, 0.717) is 0 Å². The number of likely N-dealkylation sites (N-methyl/N-ethyl adjacent to an activating group) is 1. The van der Waals surface area contributed by atoms with Gasteiger partial charge in [0, 0.05) is 30.1 Å². The summed E-state index contributed by atoms with van der Waals surface area (Å²) in [6.45, 7) is 2.14. The van der Waals surface area contributed by atoms with Gasteiger partial charge in [0.15, 0.2) is 0 Å². The summed E-state index contributed by atoms with van der Waals surface area (Å²) in [7, 11) is 2.18. The molecule has 1 saturated carbocycles. The summed E-state index contributed by atoms with van der Waals surface area (Å²) in [5, 5.41) is 12.0. The molecule has 0 unspecified atom stereocenters. The highest BCUT2D eigenvalue weighted by molar-refractivity contribution is 6.09. The summed E-state index contributed by atoms with van der Waals surface area (Å²) in [6.07, 6.45) is 6.20. The third kappa shape index (κ3) is 2.90. The van der Waals surface area contributed by atoms with Gasteiger partial charge < -0.3 is 10.2 Å². The molecule has 0 radical (unpaired) electrons. The molecule has 2 N–H and O–H groups in total. The van der Waals surface area contributed by atoms with E-state index in [1.54, 1.807) is 0 Å². The van der Waals surface area contributed by atoms with Crippen LogP contribution in [0.15, 0.2) is 60.7 Å². The third-order valence-electron chi connectivity index (χ3n) is 7.91. The first kappa shape index (κ1) is 19.7. The zero-order chi connectivity index (χ0) is 22.9. The number of nitrogens with zero attached hydrogens (tertiary/aromatic N) is 2. The Kier molecular flexibility index (Phi) is 4.15. The summed E-state index contributed by atoms with van der Waals surface area (Å²) in [6, 6.07) is 21.3. The fraction of sp³-hybridized carbons (Fsp3) is 0.241. The maximum atomic E-state index is 12.8. The molecule has 3 aliphatic rings. The van der Waals surface area contributed by atoms with Crippen molar-refractivity contribution in [1.29, 1.82) is 0 Å². The highest BCUT2D eigenvalue weighted by Gasteiger charge is 2.65. The lowest BCUT2D eigenvalue weighted by Gasteiger charge is -2.25. The second-order valence-corrected chi connectivity index (χ2v) is 9.99.